The Morgan fingerprint density at radius 1 is 0.952 bits per heavy atom. The molecule has 0 aromatic heterocycles. The Bertz CT molecular complexity index is 525. The maximum absolute atomic E-state index is 5.65. The molecule has 0 fully saturated rings. The fourth-order valence-electron chi connectivity index (χ4n) is 2.15. The quantitative estimate of drug-likeness (QED) is 0.780. The number of hydrogen-bond donors (Lipinski definition) is 1. The average Bonchev–Trinajstić information content (AvgIpc) is 2.47. The summed E-state index contributed by atoms with van der Waals surface area (Å²) in [4.78, 5) is 0. The molecule has 0 aliphatic rings. The highest BCUT2D eigenvalue weighted by atomic mass is 31.0. The zero-order valence-corrected chi connectivity index (χ0v) is 13.9. The summed E-state index contributed by atoms with van der Waals surface area (Å²) in [5.74, 6) is 1.31. The highest BCUT2D eigenvalue weighted by Crippen LogP contribution is 2.14. The van der Waals surface area contributed by atoms with Gasteiger partial charge in [0, 0.05) is 12.3 Å². The maximum Gasteiger partial charge on any atom is 0.119 e. The van der Waals surface area contributed by atoms with Crippen molar-refractivity contribution in [3.05, 3.63) is 65.7 Å². The molecule has 1 N–H and O–H groups in total. The van der Waals surface area contributed by atoms with Gasteiger partial charge in [-0.3, -0.25) is 0 Å². The molecule has 3 heteroatoms. The molecule has 0 bridgehead atoms. The molecule has 2 aromatic carbocycles. The van der Waals surface area contributed by atoms with E-state index in [9.17, 15) is 0 Å². The van der Waals surface area contributed by atoms with Crippen molar-refractivity contribution in [2.45, 2.75) is 38.7 Å². The van der Waals surface area contributed by atoms with Crippen LogP contribution in [0.2, 0.25) is 0 Å². The van der Waals surface area contributed by atoms with Crippen LogP contribution >= 0.6 is 9.24 Å². The fraction of sp³-hybridized carbons (Fsp3) is 0.333. The number of rotatable bonds is 7. The van der Waals surface area contributed by atoms with Gasteiger partial charge in [0.05, 0.1) is 6.10 Å². The van der Waals surface area contributed by atoms with Gasteiger partial charge in [0.1, 0.15) is 5.75 Å². The molecule has 0 amide bonds. The van der Waals surface area contributed by atoms with Crippen LogP contribution in [0.3, 0.4) is 0 Å². The second-order valence-corrected chi connectivity index (χ2v) is 6.29. The molecule has 2 aromatic rings. The summed E-state index contributed by atoms with van der Waals surface area (Å²) in [5, 5.41) is 3.53. The van der Waals surface area contributed by atoms with Crippen molar-refractivity contribution in [2.75, 3.05) is 0 Å². The average molecular weight is 301 g/mol. The van der Waals surface area contributed by atoms with E-state index in [4.69, 9.17) is 4.74 Å². The van der Waals surface area contributed by atoms with Crippen LogP contribution in [0.15, 0.2) is 54.6 Å². The molecule has 2 rings (SSSR count). The van der Waals surface area contributed by atoms with E-state index in [-0.39, 0.29) is 6.10 Å². The van der Waals surface area contributed by atoms with Crippen LogP contribution in [0.5, 0.6) is 5.75 Å². The van der Waals surface area contributed by atoms with Crippen LogP contribution in [-0.2, 0) is 13.0 Å². The summed E-state index contributed by atoms with van der Waals surface area (Å²) >= 11 is 0. The fourth-order valence-corrected chi connectivity index (χ4v) is 2.54. The van der Waals surface area contributed by atoms with E-state index in [1.54, 1.807) is 0 Å². The Morgan fingerprint density at radius 2 is 1.62 bits per heavy atom. The Labute approximate surface area is 130 Å². The highest BCUT2D eigenvalue weighted by molar-refractivity contribution is 7.17. The minimum Gasteiger partial charge on any atom is -0.491 e. The zero-order valence-electron chi connectivity index (χ0n) is 12.8. The van der Waals surface area contributed by atoms with Crippen LogP contribution in [0.1, 0.15) is 25.0 Å². The van der Waals surface area contributed by atoms with Gasteiger partial charge in [-0.2, -0.15) is 0 Å². The number of ether oxygens (including phenoxy) is 1. The van der Waals surface area contributed by atoms with Crippen LogP contribution < -0.4 is 10.1 Å². The first kappa shape index (κ1) is 16.0. The van der Waals surface area contributed by atoms with Gasteiger partial charge in [0.2, 0.25) is 0 Å². The molecule has 0 radical (unpaired) electrons. The van der Waals surface area contributed by atoms with E-state index >= 15 is 0 Å². The monoisotopic (exact) mass is 301 g/mol. The van der Waals surface area contributed by atoms with Crippen LogP contribution in [-0.4, -0.2) is 11.9 Å². The van der Waals surface area contributed by atoms with Gasteiger partial charge in [-0.05, 0) is 43.5 Å². The lowest BCUT2D eigenvalue weighted by molar-refractivity contribution is 0.242. The first-order chi connectivity index (χ1) is 10.1. The second kappa shape index (κ2) is 8.17. The highest BCUT2D eigenvalue weighted by Gasteiger charge is 2.03. The lowest BCUT2D eigenvalue weighted by Crippen LogP contribution is -2.24. The molecular formula is C18H24NOP. The maximum atomic E-state index is 5.65. The predicted octanol–water partition coefficient (Wildman–Crippen LogP) is 4.01. The van der Waals surface area contributed by atoms with Crippen LogP contribution in [0.4, 0.5) is 0 Å². The summed E-state index contributed by atoms with van der Waals surface area (Å²) in [6, 6.07) is 18.8. The van der Waals surface area contributed by atoms with Gasteiger partial charge in [-0.15, -0.1) is 9.24 Å². The first-order valence-electron chi connectivity index (χ1n) is 7.42. The summed E-state index contributed by atoms with van der Waals surface area (Å²) in [6.45, 7) is 4.94. The molecule has 0 saturated carbocycles. The third-order valence-electron chi connectivity index (χ3n) is 3.16. The van der Waals surface area contributed by atoms with E-state index in [2.05, 4.69) is 57.0 Å². The predicted molar refractivity (Wildman–Crippen MR) is 92.7 cm³/mol. The Balaban J connectivity index is 1.79. The minimum atomic E-state index is 0.219. The Morgan fingerprint density at radius 3 is 2.24 bits per heavy atom. The normalized spacial score (nSPS) is 12.4. The van der Waals surface area contributed by atoms with E-state index in [0.717, 1.165) is 18.7 Å². The van der Waals surface area contributed by atoms with Crippen molar-refractivity contribution in [1.82, 2.24) is 5.32 Å². The molecule has 2 atom stereocenters. The third-order valence-corrected chi connectivity index (χ3v) is 3.63. The largest absolute Gasteiger partial charge is 0.491 e. The number of hydrogen-bond acceptors (Lipinski definition) is 2. The van der Waals surface area contributed by atoms with Crippen molar-refractivity contribution < 1.29 is 4.74 Å². The van der Waals surface area contributed by atoms with Gasteiger partial charge in [0.15, 0.2) is 0 Å². The zero-order chi connectivity index (χ0) is 15.1. The summed E-state index contributed by atoms with van der Waals surface area (Å²) in [6.07, 6.45) is 1.23. The lowest BCUT2D eigenvalue weighted by Gasteiger charge is -2.14. The van der Waals surface area contributed by atoms with E-state index in [1.165, 1.54) is 11.1 Å². The molecule has 2 unspecified atom stereocenters. The summed E-state index contributed by atoms with van der Waals surface area (Å²) in [5.41, 5.74) is 2.62. The summed E-state index contributed by atoms with van der Waals surface area (Å²) in [7, 11) is 2.87. The minimum absolute atomic E-state index is 0.219. The molecular weight excluding hydrogens is 277 g/mol. The molecule has 0 heterocycles. The second-order valence-electron chi connectivity index (χ2n) is 5.49. The first-order valence-corrected chi connectivity index (χ1v) is 8.08. The third kappa shape index (κ3) is 5.87. The molecule has 112 valence electrons. The van der Waals surface area contributed by atoms with Gasteiger partial charge in [0.25, 0.3) is 0 Å². The number of benzene rings is 2. The molecule has 21 heavy (non-hydrogen) atoms. The van der Waals surface area contributed by atoms with E-state index in [0.29, 0.717) is 5.78 Å². The van der Waals surface area contributed by atoms with Gasteiger partial charge in [-0.25, -0.2) is 0 Å². The molecule has 0 aliphatic carbocycles. The van der Waals surface area contributed by atoms with Crippen molar-refractivity contribution >= 4 is 9.24 Å². The van der Waals surface area contributed by atoms with Crippen molar-refractivity contribution in [3.63, 3.8) is 0 Å². The van der Waals surface area contributed by atoms with E-state index in [1.807, 2.05) is 26.0 Å². The Hall–Kier alpha value is -1.37. The number of nitrogens with one attached hydrogen (secondary N) is 1. The van der Waals surface area contributed by atoms with Crippen molar-refractivity contribution in [2.24, 2.45) is 0 Å². The SMILES string of the molecule is CC(C)Oc1ccc(CNC(P)Cc2ccccc2)cc1. The van der Waals surface area contributed by atoms with Crippen molar-refractivity contribution in [1.29, 1.82) is 0 Å². The Kier molecular flexibility index (Phi) is 6.22. The van der Waals surface area contributed by atoms with Crippen LogP contribution in [0.25, 0.3) is 0 Å². The van der Waals surface area contributed by atoms with Crippen molar-refractivity contribution in [3.8, 4) is 5.75 Å². The lowest BCUT2D eigenvalue weighted by atomic mass is 10.1. The van der Waals surface area contributed by atoms with Crippen LogP contribution in [0, 0.1) is 0 Å². The molecule has 2 nitrogen and oxygen atoms in total. The van der Waals surface area contributed by atoms with Gasteiger partial charge < -0.3 is 10.1 Å². The molecule has 0 aliphatic heterocycles. The summed E-state index contributed by atoms with van der Waals surface area (Å²) < 4.78 is 5.65. The molecule has 0 saturated heterocycles. The van der Waals surface area contributed by atoms with Gasteiger partial charge >= 0.3 is 0 Å². The topological polar surface area (TPSA) is 21.3 Å². The van der Waals surface area contributed by atoms with Gasteiger partial charge in [-0.1, -0.05) is 42.5 Å². The standard InChI is InChI=1S/C18H24NOP/c1-14(2)20-17-10-8-16(9-11-17)13-19-18(21)12-15-6-4-3-5-7-15/h3-11,14,18-19H,12-13,21H2,1-2H3. The van der Waals surface area contributed by atoms with E-state index < -0.39 is 0 Å². The molecule has 0 spiro atoms. The smallest absolute Gasteiger partial charge is 0.119 e.